The zero-order chi connectivity index (χ0) is 13.8. The van der Waals surface area contributed by atoms with Gasteiger partial charge in [-0.05, 0) is 11.6 Å². The van der Waals surface area contributed by atoms with Gasteiger partial charge < -0.3 is 10.4 Å². The average molecular weight is 277 g/mol. The first-order chi connectivity index (χ1) is 9.08. The molecule has 0 spiro atoms. The summed E-state index contributed by atoms with van der Waals surface area (Å²) in [5, 5.41) is 12.4. The molecule has 0 amide bonds. The maximum atomic E-state index is 11.3. The molecule has 0 fully saturated rings. The Morgan fingerprint density at radius 2 is 2.26 bits per heavy atom. The van der Waals surface area contributed by atoms with Gasteiger partial charge in [0.1, 0.15) is 4.88 Å². The SMILES string of the molecule is CC(=O)c1sc(NCc2cccnc2)nc1C(=O)O. The Bertz CT molecular complexity index is 578. The summed E-state index contributed by atoms with van der Waals surface area (Å²) in [6, 6.07) is 3.69. The number of aromatic carboxylic acids is 1. The van der Waals surface area contributed by atoms with Crippen LogP contribution in [-0.2, 0) is 6.54 Å². The van der Waals surface area contributed by atoms with Crippen LogP contribution in [-0.4, -0.2) is 26.8 Å². The molecule has 0 saturated heterocycles. The van der Waals surface area contributed by atoms with Crippen LogP contribution in [0.4, 0.5) is 5.13 Å². The summed E-state index contributed by atoms with van der Waals surface area (Å²) in [5.41, 5.74) is 0.741. The van der Waals surface area contributed by atoms with E-state index in [0.717, 1.165) is 16.9 Å². The van der Waals surface area contributed by atoms with Crippen molar-refractivity contribution < 1.29 is 14.7 Å². The van der Waals surface area contributed by atoms with Crippen molar-refractivity contribution in [2.75, 3.05) is 5.32 Å². The molecule has 2 heterocycles. The standard InChI is InChI=1S/C12H11N3O3S/c1-7(16)10-9(11(17)18)15-12(19-10)14-6-8-3-2-4-13-5-8/h2-5H,6H2,1H3,(H,14,15)(H,17,18). The summed E-state index contributed by atoms with van der Waals surface area (Å²) in [6.07, 6.45) is 3.37. The lowest BCUT2D eigenvalue weighted by molar-refractivity contribution is 0.0687. The largest absolute Gasteiger partial charge is 0.476 e. The summed E-state index contributed by atoms with van der Waals surface area (Å²) < 4.78 is 0. The van der Waals surface area contributed by atoms with E-state index in [2.05, 4.69) is 15.3 Å². The maximum absolute atomic E-state index is 11.3. The van der Waals surface area contributed by atoms with Gasteiger partial charge in [0.2, 0.25) is 0 Å². The van der Waals surface area contributed by atoms with E-state index >= 15 is 0 Å². The molecule has 0 saturated carbocycles. The van der Waals surface area contributed by atoms with E-state index in [1.54, 1.807) is 12.4 Å². The maximum Gasteiger partial charge on any atom is 0.356 e. The van der Waals surface area contributed by atoms with Crippen LogP contribution >= 0.6 is 11.3 Å². The molecule has 6 nitrogen and oxygen atoms in total. The number of rotatable bonds is 5. The molecular formula is C12H11N3O3S. The highest BCUT2D eigenvalue weighted by atomic mass is 32.1. The monoisotopic (exact) mass is 277 g/mol. The van der Waals surface area contributed by atoms with Crippen LogP contribution in [0.5, 0.6) is 0 Å². The second-order valence-corrected chi connectivity index (χ2v) is 4.77. The number of nitrogens with zero attached hydrogens (tertiary/aromatic N) is 2. The summed E-state index contributed by atoms with van der Waals surface area (Å²) in [6.45, 7) is 1.79. The molecule has 0 aromatic carbocycles. The first-order valence-corrected chi connectivity index (χ1v) is 6.27. The van der Waals surface area contributed by atoms with Gasteiger partial charge in [0.05, 0.1) is 0 Å². The van der Waals surface area contributed by atoms with Crippen LogP contribution in [0.1, 0.15) is 32.6 Å². The molecule has 0 unspecified atom stereocenters. The lowest BCUT2D eigenvalue weighted by Crippen LogP contribution is -2.04. The molecule has 2 N–H and O–H groups in total. The minimum atomic E-state index is -1.20. The van der Waals surface area contributed by atoms with Crippen molar-refractivity contribution in [1.82, 2.24) is 9.97 Å². The second-order valence-electron chi connectivity index (χ2n) is 3.77. The van der Waals surface area contributed by atoms with Gasteiger partial charge in [-0.25, -0.2) is 9.78 Å². The van der Waals surface area contributed by atoms with Gasteiger partial charge in [-0.1, -0.05) is 17.4 Å². The van der Waals surface area contributed by atoms with Crippen molar-refractivity contribution in [2.45, 2.75) is 13.5 Å². The molecule has 0 atom stereocenters. The predicted molar refractivity (Wildman–Crippen MR) is 70.6 cm³/mol. The van der Waals surface area contributed by atoms with Gasteiger partial charge in [-0.3, -0.25) is 9.78 Å². The molecule has 19 heavy (non-hydrogen) atoms. The van der Waals surface area contributed by atoms with Crippen molar-refractivity contribution in [3.05, 3.63) is 40.7 Å². The van der Waals surface area contributed by atoms with Crippen molar-refractivity contribution in [3.63, 3.8) is 0 Å². The zero-order valence-corrected chi connectivity index (χ0v) is 10.9. The lowest BCUT2D eigenvalue weighted by atomic mass is 10.3. The van der Waals surface area contributed by atoms with Crippen molar-refractivity contribution in [1.29, 1.82) is 0 Å². The van der Waals surface area contributed by atoms with Gasteiger partial charge in [0.25, 0.3) is 0 Å². The number of hydrogen-bond acceptors (Lipinski definition) is 6. The summed E-state index contributed by atoms with van der Waals surface area (Å²) in [7, 11) is 0. The van der Waals surface area contributed by atoms with Gasteiger partial charge >= 0.3 is 5.97 Å². The molecule has 7 heteroatoms. The predicted octanol–water partition coefficient (Wildman–Crippen LogP) is 2.05. The van der Waals surface area contributed by atoms with E-state index in [0.29, 0.717) is 11.7 Å². The number of pyridine rings is 1. The van der Waals surface area contributed by atoms with Gasteiger partial charge in [-0.2, -0.15) is 0 Å². The molecule has 2 aromatic heterocycles. The highest BCUT2D eigenvalue weighted by molar-refractivity contribution is 7.17. The number of hydrogen-bond donors (Lipinski definition) is 2. The fourth-order valence-electron chi connectivity index (χ4n) is 1.46. The topological polar surface area (TPSA) is 92.2 Å². The third-order valence-electron chi connectivity index (χ3n) is 2.32. The minimum absolute atomic E-state index is 0.154. The number of thiazole rings is 1. The normalized spacial score (nSPS) is 10.2. The quantitative estimate of drug-likeness (QED) is 0.813. The molecule has 0 bridgehead atoms. The van der Waals surface area contributed by atoms with Crippen molar-refractivity contribution in [3.8, 4) is 0 Å². The average Bonchev–Trinajstić information content (AvgIpc) is 2.82. The molecule has 0 radical (unpaired) electrons. The van der Waals surface area contributed by atoms with Crippen molar-refractivity contribution >= 4 is 28.2 Å². The molecule has 0 aliphatic heterocycles. The van der Waals surface area contributed by atoms with E-state index in [-0.39, 0.29) is 16.4 Å². The van der Waals surface area contributed by atoms with Gasteiger partial charge in [0.15, 0.2) is 16.6 Å². The third kappa shape index (κ3) is 3.14. The Balaban J connectivity index is 2.15. The van der Waals surface area contributed by atoms with Crippen LogP contribution in [0.25, 0.3) is 0 Å². The second kappa shape index (κ2) is 5.57. The number of carbonyl (C=O) groups is 2. The van der Waals surface area contributed by atoms with E-state index in [1.807, 2.05) is 12.1 Å². The Hall–Kier alpha value is -2.28. The van der Waals surface area contributed by atoms with Crippen LogP contribution in [0.2, 0.25) is 0 Å². The van der Waals surface area contributed by atoms with Crippen LogP contribution in [0.3, 0.4) is 0 Å². The van der Waals surface area contributed by atoms with E-state index in [1.165, 1.54) is 6.92 Å². The number of Topliss-reactive ketones (excluding diaryl/α,β-unsaturated/α-hetero) is 1. The third-order valence-corrected chi connectivity index (χ3v) is 3.43. The fourth-order valence-corrected chi connectivity index (χ4v) is 2.31. The van der Waals surface area contributed by atoms with E-state index in [9.17, 15) is 9.59 Å². The smallest absolute Gasteiger partial charge is 0.356 e. The zero-order valence-electron chi connectivity index (χ0n) is 10.1. The van der Waals surface area contributed by atoms with E-state index in [4.69, 9.17) is 5.11 Å². The number of carbonyl (C=O) groups excluding carboxylic acids is 1. The molecular weight excluding hydrogens is 266 g/mol. The Morgan fingerprint density at radius 3 is 2.79 bits per heavy atom. The number of anilines is 1. The molecule has 0 aliphatic carbocycles. The fraction of sp³-hybridized carbons (Fsp3) is 0.167. The molecule has 2 aromatic rings. The number of carboxylic acids is 1. The van der Waals surface area contributed by atoms with E-state index < -0.39 is 5.97 Å². The first-order valence-electron chi connectivity index (χ1n) is 5.45. The number of aromatic nitrogens is 2. The molecule has 0 aliphatic rings. The number of nitrogens with one attached hydrogen (secondary N) is 1. The summed E-state index contributed by atoms with van der Waals surface area (Å²) in [4.78, 5) is 30.3. The summed E-state index contributed by atoms with van der Waals surface area (Å²) >= 11 is 1.04. The van der Waals surface area contributed by atoms with Crippen LogP contribution in [0.15, 0.2) is 24.5 Å². The Labute approximate surface area is 113 Å². The van der Waals surface area contributed by atoms with Crippen LogP contribution in [0, 0.1) is 0 Å². The highest BCUT2D eigenvalue weighted by Crippen LogP contribution is 2.24. The van der Waals surface area contributed by atoms with Gasteiger partial charge in [-0.15, -0.1) is 0 Å². The van der Waals surface area contributed by atoms with Crippen LogP contribution < -0.4 is 5.32 Å². The Morgan fingerprint density at radius 1 is 1.47 bits per heavy atom. The Kier molecular flexibility index (Phi) is 3.86. The number of ketones is 1. The summed E-state index contributed by atoms with van der Waals surface area (Å²) in [5.74, 6) is -1.50. The highest BCUT2D eigenvalue weighted by Gasteiger charge is 2.20. The number of carboxylic acid groups (broad SMARTS) is 1. The van der Waals surface area contributed by atoms with Gasteiger partial charge in [0, 0.05) is 25.9 Å². The molecule has 2 rings (SSSR count). The lowest BCUT2D eigenvalue weighted by Gasteiger charge is -2.01. The van der Waals surface area contributed by atoms with Crippen molar-refractivity contribution in [2.24, 2.45) is 0 Å². The minimum Gasteiger partial charge on any atom is -0.476 e. The molecule has 98 valence electrons. The first kappa shape index (κ1) is 13.2.